The van der Waals surface area contributed by atoms with Crippen molar-refractivity contribution in [2.75, 3.05) is 24.5 Å². The van der Waals surface area contributed by atoms with Gasteiger partial charge < -0.3 is 10.2 Å². The van der Waals surface area contributed by atoms with Crippen molar-refractivity contribution in [3.63, 3.8) is 0 Å². The molecule has 1 atom stereocenters. The van der Waals surface area contributed by atoms with E-state index in [4.69, 9.17) is 0 Å². The SMILES string of the molecule is CCN(C(=O)[C@H]1CCCNC1)c1ccccc1C. The van der Waals surface area contributed by atoms with E-state index in [1.54, 1.807) is 0 Å². The van der Waals surface area contributed by atoms with Crippen molar-refractivity contribution in [3.8, 4) is 0 Å². The van der Waals surface area contributed by atoms with Crippen LogP contribution >= 0.6 is 0 Å². The van der Waals surface area contributed by atoms with Gasteiger partial charge in [0, 0.05) is 18.8 Å². The van der Waals surface area contributed by atoms with E-state index in [0.29, 0.717) is 0 Å². The first-order chi connectivity index (χ1) is 8.74. The molecule has 1 saturated heterocycles. The number of hydrogen-bond acceptors (Lipinski definition) is 2. The lowest BCUT2D eigenvalue weighted by Crippen LogP contribution is -2.43. The van der Waals surface area contributed by atoms with Crippen LogP contribution in [0.1, 0.15) is 25.3 Å². The lowest BCUT2D eigenvalue weighted by molar-refractivity contribution is -0.122. The lowest BCUT2D eigenvalue weighted by atomic mass is 9.97. The van der Waals surface area contributed by atoms with Gasteiger partial charge in [-0.05, 0) is 44.9 Å². The molecule has 0 aromatic heterocycles. The molecule has 1 aliphatic heterocycles. The Morgan fingerprint density at radius 3 is 2.83 bits per heavy atom. The Morgan fingerprint density at radius 2 is 2.22 bits per heavy atom. The maximum atomic E-state index is 12.6. The first-order valence-corrected chi connectivity index (χ1v) is 6.81. The second-order valence-electron chi connectivity index (χ2n) is 4.91. The van der Waals surface area contributed by atoms with E-state index < -0.39 is 0 Å². The molecule has 0 saturated carbocycles. The molecule has 1 heterocycles. The number of carbonyl (C=O) groups excluding carboxylic acids is 1. The summed E-state index contributed by atoms with van der Waals surface area (Å²) in [4.78, 5) is 14.5. The van der Waals surface area contributed by atoms with Crippen molar-refractivity contribution < 1.29 is 4.79 Å². The van der Waals surface area contributed by atoms with Crippen molar-refractivity contribution in [3.05, 3.63) is 29.8 Å². The summed E-state index contributed by atoms with van der Waals surface area (Å²) in [6, 6.07) is 8.11. The summed E-state index contributed by atoms with van der Waals surface area (Å²) in [6.07, 6.45) is 2.11. The highest BCUT2D eigenvalue weighted by atomic mass is 16.2. The number of nitrogens with zero attached hydrogens (tertiary/aromatic N) is 1. The van der Waals surface area contributed by atoms with Crippen molar-refractivity contribution in [1.29, 1.82) is 0 Å². The summed E-state index contributed by atoms with van der Waals surface area (Å²) in [5, 5.41) is 3.31. The van der Waals surface area contributed by atoms with Crippen LogP contribution in [0.3, 0.4) is 0 Å². The number of nitrogens with one attached hydrogen (secondary N) is 1. The van der Waals surface area contributed by atoms with E-state index in [1.165, 1.54) is 0 Å². The zero-order valence-corrected chi connectivity index (χ0v) is 11.3. The van der Waals surface area contributed by atoms with Crippen LogP contribution in [0.2, 0.25) is 0 Å². The molecule has 0 spiro atoms. The van der Waals surface area contributed by atoms with Crippen LogP contribution in [-0.2, 0) is 4.79 Å². The number of anilines is 1. The van der Waals surface area contributed by atoms with Gasteiger partial charge in [0.25, 0.3) is 0 Å². The molecule has 1 N–H and O–H groups in total. The average molecular weight is 246 g/mol. The number of para-hydroxylation sites is 1. The zero-order chi connectivity index (χ0) is 13.0. The van der Waals surface area contributed by atoms with Crippen LogP contribution in [0.5, 0.6) is 0 Å². The molecule has 1 amide bonds. The van der Waals surface area contributed by atoms with E-state index in [2.05, 4.69) is 18.3 Å². The molecule has 1 aromatic rings. The van der Waals surface area contributed by atoms with Crippen molar-refractivity contribution in [2.45, 2.75) is 26.7 Å². The van der Waals surface area contributed by atoms with Gasteiger partial charge in [0.2, 0.25) is 5.91 Å². The quantitative estimate of drug-likeness (QED) is 0.888. The number of carbonyl (C=O) groups is 1. The predicted molar refractivity (Wildman–Crippen MR) is 74.8 cm³/mol. The highest BCUT2D eigenvalue weighted by Gasteiger charge is 2.26. The van der Waals surface area contributed by atoms with Gasteiger partial charge in [0.15, 0.2) is 0 Å². The molecular weight excluding hydrogens is 224 g/mol. The Hall–Kier alpha value is -1.35. The van der Waals surface area contributed by atoms with Crippen LogP contribution < -0.4 is 10.2 Å². The minimum Gasteiger partial charge on any atom is -0.316 e. The Balaban J connectivity index is 2.17. The molecule has 0 bridgehead atoms. The second kappa shape index (κ2) is 6.01. The Labute approximate surface area is 109 Å². The van der Waals surface area contributed by atoms with Gasteiger partial charge in [-0.3, -0.25) is 4.79 Å². The van der Waals surface area contributed by atoms with Crippen LogP contribution in [0.4, 0.5) is 5.69 Å². The number of rotatable bonds is 3. The Kier molecular flexibility index (Phi) is 4.37. The van der Waals surface area contributed by atoms with Gasteiger partial charge in [-0.15, -0.1) is 0 Å². The molecule has 3 heteroatoms. The Bertz CT molecular complexity index is 411. The van der Waals surface area contributed by atoms with Crippen LogP contribution in [0.25, 0.3) is 0 Å². The van der Waals surface area contributed by atoms with E-state index >= 15 is 0 Å². The van der Waals surface area contributed by atoms with Crippen LogP contribution in [0, 0.1) is 12.8 Å². The standard InChI is InChI=1S/C15H22N2O/c1-3-17(14-9-5-4-7-12(14)2)15(18)13-8-6-10-16-11-13/h4-5,7,9,13,16H,3,6,8,10-11H2,1-2H3/t13-/m0/s1. The maximum absolute atomic E-state index is 12.6. The van der Waals surface area contributed by atoms with E-state index in [9.17, 15) is 4.79 Å². The molecule has 1 aliphatic rings. The number of benzene rings is 1. The monoisotopic (exact) mass is 246 g/mol. The molecule has 0 unspecified atom stereocenters. The van der Waals surface area contributed by atoms with Crippen LogP contribution in [-0.4, -0.2) is 25.5 Å². The Morgan fingerprint density at radius 1 is 1.44 bits per heavy atom. The molecule has 18 heavy (non-hydrogen) atoms. The molecule has 0 radical (unpaired) electrons. The summed E-state index contributed by atoms with van der Waals surface area (Å²) in [6.45, 7) is 6.70. The third kappa shape index (κ3) is 2.72. The molecule has 2 rings (SSSR count). The van der Waals surface area contributed by atoms with Crippen molar-refractivity contribution in [2.24, 2.45) is 5.92 Å². The highest BCUT2D eigenvalue weighted by Crippen LogP contribution is 2.23. The smallest absolute Gasteiger partial charge is 0.231 e. The van der Waals surface area contributed by atoms with Gasteiger partial charge in [0.05, 0.1) is 5.92 Å². The highest BCUT2D eigenvalue weighted by molar-refractivity contribution is 5.95. The molecular formula is C15H22N2O. The first-order valence-electron chi connectivity index (χ1n) is 6.81. The summed E-state index contributed by atoms with van der Waals surface area (Å²) >= 11 is 0. The maximum Gasteiger partial charge on any atom is 0.231 e. The third-order valence-corrected chi connectivity index (χ3v) is 3.63. The topological polar surface area (TPSA) is 32.3 Å². The fourth-order valence-electron chi connectivity index (χ4n) is 2.59. The summed E-state index contributed by atoms with van der Waals surface area (Å²) in [5.74, 6) is 0.400. The number of hydrogen-bond donors (Lipinski definition) is 1. The fourth-order valence-corrected chi connectivity index (χ4v) is 2.59. The third-order valence-electron chi connectivity index (χ3n) is 3.63. The largest absolute Gasteiger partial charge is 0.316 e. The normalized spacial score (nSPS) is 19.6. The number of aryl methyl sites for hydroxylation is 1. The van der Waals surface area contributed by atoms with Crippen molar-refractivity contribution in [1.82, 2.24) is 5.32 Å². The van der Waals surface area contributed by atoms with Gasteiger partial charge in [0.1, 0.15) is 0 Å². The van der Waals surface area contributed by atoms with E-state index in [-0.39, 0.29) is 11.8 Å². The first kappa shape index (κ1) is 13.1. The molecule has 0 aliphatic carbocycles. The van der Waals surface area contributed by atoms with Gasteiger partial charge in [-0.2, -0.15) is 0 Å². The molecule has 98 valence electrons. The van der Waals surface area contributed by atoms with Gasteiger partial charge >= 0.3 is 0 Å². The molecule has 1 fully saturated rings. The van der Waals surface area contributed by atoms with Gasteiger partial charge in [-0.25, -0.2) is 0 Å². The minimum atomic E-state index is 0.137. The van der Waals surface area contributed by atoms with E-state index in [1.807, 2.05) is 30.0 Å². The summed E-state index contributed by atoms with van der Waals surface area (Å²) < 4.78 is 0. The van der Waals surface area contributed by atoms with Crippen LogP contribution in [0.15, 0.2) is 24.3 Å². The fraction of sp³-hybridized carbons (Fsp3) is 0.533. The molecule has 3 nitrogen and oxygen atoms in total. The van der Waals surface area contributed by atoms with E-state index in [0.717, 1.165) is 43.7 Å². The number of amides is 1. The predicted octanol–water partition coefficient (Wildman–Crippen LogP) is 2.35. The summed E-state index contributed by atoms with van der Waals surface area (Å²) in [5.41, 5.74) is 2.21. The van der Waals surface area contributed by atoms with Gasteiger partial charge in [-0.1, -0.05) is 18.2 Å². The average Bonchev–Trinajstić information content (AvgIpc) is 2.42. The minimum absolute atomic E-state index is 0.137. The molecule has 1 aromatic carbocycles. The lowest BCUT2D eigenvalue weighted by Gasteiger charge is -2.29. The zero-order valence-electron chi connectivity index (χ0n) is 11.3. The van der Waals surface area contributed by atoms with Crippen molar-refractivity contribution >= 4 is 11.6 Å². The summed E-state index contributed by atoms with van der Waals surface area (Å²) in [7, 11) is 0. The second-order valence-corrected chi connectivity index (χ2v) is 4.91. The number of piperidine rings is 1.